The van der Waals surface area contributed by atoms with Crippen molar-refractivity contribution >= 4 is 40.5 Å². The van der Waals surface area contributed by atoms with Crippen LogP contribution in [0.15, 0.2) is 23.6 Å². The summed E-state index contributed by atoms with van der Waals surface area (Å²) in [5.41, 5.74) is 0.0739. The van der Waals surface area contributed by atoms with E-state index in [1.807, 2.05) is 0 Å². The van der Waals surface area contributed by atoms with Crippen molar-refractivity contribution < 1.29 is 24.1 Å². The summed E-state index contributed by atoms with van der Waals surface area (Å²) in [5, 5.41) is 12.3. The van der Waals surface area contributed by atoms with Gasteiger partial charge in [-0.15, -0.1) is 11.3 Å². The molecule has 6 nitrogen and oxygen atoms in total. The molecule has 1 aromatic carbocycles. The number of fused-ring (bicyclic) bond motifs is 1. The smallest absolute Gasteiger partial charge is 0.355 e. The van der Waals surface area contributed by atoms with E-state index < -0.39 is 5.97 Å². The van der Waals surface area contributed by atoms with Crippen LogP contribution in [0.3, 0.4) is 0 Å². The average Bonchev–Trinajstić information content (AvgIpc) is 3.33. The monoisotopic (exact) mass is 457 g/mol. The van der Waals surface area contributed by atoms with E-state index >= 15 is 0 Å². The van der Waals surface area contributed by atoms with Gasteiger partial charge in [0.2, 0.25) is 0 Å². The van der Waals surface area contributed by atoms with Gasteiger partial charge in [0.15, 0.2) is 5.69 Å². The van der Waals surface area contributed by atoms with Gasteiger partial charge in [0.05, 0.1) is 28.9 Å². The number of carbonyl (C=O) groups is 1. The van der Waals surface area contributed by atoms with E-state index in [4.69, 9.17) is 42.5 Å². The van der Waals surface area contributed by atoms with Gasteiger partial charge in [0.1, 0.15) is 16.9 Å². The Labute approximate surface area is 182 Å². The second-order valence-corrected chi connectivity index (χ2v) is 9.05. The Hall–Kier alpha value is -1.38. The maximum atomic E-state index is 11.1. The number of aromatic nitrogens is 1. The number of hydrogen-bond donors (Lipinski definition) is 1. The minimum atomic E-state index is -1.01. The summed E-state index contributed by atoms with van der Waals surface area (Å²) >= 11 is 13.4. The van der Waals surface area contributed by atoms with E-state index in [1.165, 1.54) is 11.3 Å². The van der Waals surface area contributed by atoms with Gasteiger partial charge in [0, 0.05) is 30.9 Å². The van der Waals surface area contributed by atoms with Crippen LogP contribution in [0, 0.1) is 11.8 Å². The molecule has 0 bridgehead atoms. The highest BCUT2D eigenvalue weighted by Crippen LogP contribution is 2.47. The zero-order chi connectivity index (χ0) is 20.5. The molecule has 0 radical (unpaired) electrons. The van der Waals surface area contributed by atoms with E-state index in [0.29, 0.717) is 28.3 Å². The third-order valence-corrected chi connectivity index (χ3v) is 7.40. The number of benzene rings is 1. The highest BCUT2D eigenvalue weighted by Gasteiger charge is 2.48. The van der Waals surface area contributed by atoms with Crippen molar-refractivity contribution in [2.45, 2.75) is 37.6 Å². The van der Waals surface area contributed by atoms with Crippen molar-refractivity contribution in [1.82, 2.24) is 4.98 Å². The molecule has 29 heavy (non-hydrogen) atoms. The van der Waals surface area contributed by atoms with Gasteiger partial charge in [-0.3, -0.25) is 0 Å². The van der Waals surface area contributed by atoms with E-state index in [-0.39, 0.29) is 29.9 Å². The Morgan fingerprint density at radius 2 is 2.17 bits per heavy atom. The predicted molar refractivity (Wildman–Crippen MR) is 110 cm³/mol. The van der Waals surface area contributed by atoms with Crippen molar-refractivity contribution in [2.24, 2.45) is 11.8 Å². The van der Waals surface area contributed by atoms with Crippen molar-refractivity contribution in [3.05, 3.63) is 44.3 Å². The Morgan fingerprint density at radius 3 is 2.86 bits per heavy atom. The molecule has 156 valence electrons. The molecule has 2 fully saturated rings. The topological polar surface area (TPSA) is 77.9 Å². The summed E-state index contributed by atoms with van der Waals surface area (Å²) in [5.74, 6) is 0.182. The molecule has 0 unspecified atom stereocenters. The Balaban J connectivity index is 1.42. The van der Waals surface area contributed by atoms with Crippen LogP contribution in [0.4, 0.5) is 0 Å². The highest BCUT2D eigenvalue weighted by atomic mass is 35.5. The maximum absolute atomic E-state index is 11.1. The lowest BCUT2D eigenvalue weighted by atomic mass is 9.87. The minimum Gasteiger partial charge on any atom is -0.493 e. The fraction of sp³-hybridized carbons (Fsp3) is 0.500. The van der Waals surface area contributed by atoms with Crippen molar-refractivity contribution in [3.63, 3.8) is 0 Å². The zero-order valence-electron chi connectivity index (χ0n) is 15.7. The molecule has 0 amide bonds. The summed E-state index contributed by atoms with van der Waals surface area (Å²) < 4.78 is 18.0. The van der Waals surface area contributed by atoms with Crippen molar-refractivity contribution in [1.29, 1.82) is 0 Å². The molecule has 0 spiro atoms. The van der Waals surface area contributed by atoms with E-state index in [0.717, 1.165) is 24.3 Å². The number of methoxy groups -OCH3 is 1. The van der Waals surface area contributed by atoms with Gasteiger partial charge in [-0.25, -0.2) is 9.78 Å². The molecule has 9 heteroatoms. The first-order chi connectivity index (χ1) is 14.0. The Kier molecular flexibility index (Phi) is 6.32. The third kappa shape index (κ3) is 4.39. The van der Waals surface area contributed by atoms with Gasteiger partial charge < -0.3 is 19.3 Å². The standard InChI is InChI=1S/C20H21Cl2NO5S/c1-26-17-7-18-11(12(17)8-27-10-2-4-13(21)14(22)6-10)3-5-16(28-18)19-23-15(9-29-19)20(24)25/h2,4,6,9,11-12,16-18H,3,5,7-8H2,1H3,(H,24,25)/t11-,12-,16-,17+,18+/m1/s1. The molecular weight excluding hydrogens is 437 g/mol. The fourth-order valence-electron chi connectivity index (χ4n) is 4.29. The molecule has 2 aliphatic rings. The summed E-state index contributed by atoms with van der Waals surface area (Å²) in [6.45, 7) is 0.506. The van der Waals surface area contributed by atoms with Crippen LogP contribution in [0.25, 0.3) is 0 Å². The van der Waals surface area contributed by atoms with Crippen LogP contribution in [0.5, 0.6) is 5.75 Å². The molecule has 2 heterocycles. The third-order valence-electron chi connectivity index (χ3n) is 5.72. The van der Waals surface area contributed by atoms with Crippen LogP contribution in [-0.2, 0) is 9.47 Å². The number of aromatic carboxylic acids is 1. The number of ether oxygens (including phenoxy) is 3. The van der Waals surface area contributed by atoms with Crippen LogP contribution in [0.2, 0.25) is 10.0 Å². The fourth-order valence-corrected chi connectivity index (χ4v) is 5.44. The molecular formula is C20H21Cl2NO5S. The summed E-state index contributed by atoms with van der Waals surface area (Å²) in [6, 6.07) is 5.24. The van der Waals surface area contributed by atoms with E-state index in [1.54, 1.807) is 30.7 Å². The molecule has 1 aliphatic heterocycles. The number of carboxylic acid groups (broad SMARTS) is 1. The average molecular weight is 458 g/mol. The van der Waals surface area contributed by atoms with Gasteiger partial charge >= 0.3 is 5.97 Å². The van der Waals surface area contributed by atoms with Gasteiger partial charge in [-0.05, 0) is 30.9 Å². The Bertz CT molecular complexity index is 892. The van der Waals surface area contributed by atoms with E-state index in [2.05, 4.69) is 4.98 Å². The second-order valence-electron chi connectivity index (χ2n) is 7.34. The normalized spacial score (nSPS) is 28.9. The molecule has 1 saturated carbocycles. The predicted octanol–water partition coefficient (Wildman–Crippen LogP) is 5.10. The highest BCUT2D eigenvalue weighted by molar-refractivity contribution is 7.09. The second kappa shape index (κ2) is 8.78. The molecule has 1 aromatic heterocycles. The molecule has 2 aromatic rings. The number of rotatable bonds is 6. The number of thiazole rings is 1. The van der Waals surface area contributed by atoms with Crippen LogP contribution < -0.4 is 4.74 Å². The van der Waals surface area contributed by atoms with Gasteiger partial charge in [-0.2, -0.15) is 0 Å². The van der Waals surface area contributed by atoms with Gasteiger partial charge in [0.25, 0.3) is 0 Å². The molecule has 4 rings (SSSR count). The Morgan fingerprint density at radius 1 is 1.34 bits per heavy atom. The molecule has 1 aliphatic carbocycles. The largest absolute Gasteiger partial charge is 0.493 e. The summed E-state index contributed by atoms with van der Waals surface area (Å²) in [7, 11) is 1.71. The minimum absolute atomic E-state index is 0.0393. The number of carboxylic acids is 1. The first-order valence-corrected chi connectivity index (χ1v) is 11.0. The quantitative estimate of drug-likeness (QED) is 0.649. The number of halogens is 2. The first kappa shape index (κ1) is 20.9. The van der Waals surface area contributed by atoms with Crippen LogP contribution in [-0.4, -0.2) is 42.0 Å². The van der Waals surface area contributed by atoms with Crippen LogP contribution >= 0.6 is 34.5 Å². The van der Waals surface area contributed by atoms with E-state index in [9.17, 15) is 4.79 Å². The molecule has 1 N–H and O–H groups in total. The lowest BCUT2D eigenvalue weighted by Crippen LogP contribution is -2.33. The lowest BCUT2D eigenvalue weighted by Gasteiger charge is -2.34. The summed E-state index contributed by atoms with van der Waals surface area (Å²) in [6.07, 6.45) is 2.45. The van der Waals surface area contributed by atoms with Gasteiger partial charge in [-0.1, -0.05) is 23.2 Å². The van der Waals surface area contributed by atoms with Crippen molar-refractivity contribution in [2.75, 3.05) is 13.7 Å². The lowest BCUT2D eigenvalue weighted by molar-refractivity contribution is -0.0811. The first-order valence-electron chi connectivity index (χ1n) is 9.41. The van der Waals surface area contributed by atoms with Crippen molar-refractivity contribution in [3.8, 4) is 5.75 Å². The molecule has 5 atom stereocenters. The molecule has 1 saturated heterocycles. The maximum Gasteiger partial charge on any atom is 0.355 e. The zero-order valence-corrected chi connectivity index (χ0v) is 18.0. The number of hydrogen-bond acceptors (Lipinski definition) is 6. The van der Waals surface area contributed by atoms with Crippen LogP contribution in [0.1, 0.15) is 40.9 Å². The number of nitrogens with zero attached hydrogens (tertiary/aromatic N) is 1. The SMILES string of the molecule is CO[C@H]1C[C@@H]2O[C@@H](c3nc(C(=O)O)cs3)CC[C@@H]2[C@H]1COc1ccc(Cl)c(Cl)c1. The summed E-state index contributed by atoms with van der Waals surface area (Å²) in [4.78, 5) is 15.3.